The number of hydrogen-bond donors (Lipinski definition) is 0. The molecule has 0 fully saturated rings. The summed E-state index contributed by atoms with van der Waals surface area (Å²) in [7, 11) is 0. The number of hydrogen-bond acceptors (Lipinski definition) is 0. The van der Waals surface area contributed by atoms with Crippen LogP contribution < -0.4 is 0 Å². The largest absolute Gasteiger partial charge is 0.0856 e. The van der Waals surface area contributed by atoms with Crippen LogP contribution in [0.5, 0.6) is 0 Å². The summed E-state index contributed by atoms with van der Waals surface area (Å²) in [5, 5.41) is 0. The molecule has 0 amide bonds. The van der Waals surface area contributed by atoms with Gasteiger partial charge in [-0.05, 0) is 47.5 Å². The maximum absolute atomic E-state index is 3.71. The molecule has 0 aromatic carbocycles. The van der Waals surface area contributed by atoms with Gasteiger partial charge in [0, 0.05) is 0 Å². The van der Waals surface area contributed by atoms with Gasteiger partial charge in [-0.2, -0.15) is 0 Å². The Kier molecular flexibility index (Phi) is 7.71. The van der Waals surface area contributed by atoms with Crippen LogP contribution >= 0.6 is 0 Å². The van der Waals surface area contributed by atoms with Gasteiger partial charge in [0.05, 0.1) is 0 Å². The molecule has 0 heterocycles. The molecule has 0 aromatic rings. The van der Waals surface area contributed by atoms with Gasteiger partial charge in [0.25, 0.3) is 0 Å². The van der Waals surface area contributed by atoms with E-state index < -0.39 is 0 Å². The average molecular weight is 203 g/mol. The van der Waals surface area contributed by atoms with Crippen LogP contribution in [0.1, 0.15) is 40.5 Å². The van der Waals surface area contributed by atoms with Gasteiger partial charge in [-0.3, -0.25) is 0 Å². The molecular weight excluding hydrogens is 180 g/mol. The van der Waals surface area contributed by atoms with E-state index in [-0.39, 0.29) is 0 Å². The molecule has 0 aliphatic rings. The summed E-state index contributed by atoms with van der Waals surface area (Å²) in [6, 6.07) is 0. The predicted octanol–water partition coefficient (Wildman–Crippen LogP) is 5.02. The highest BCUT2D eigenvalue weighted by Crippen LogP contribution is 2.07. The van der Waals surface area contributed by atoms with E-state index in [2.05, 4.69) is 58.9 Å². The van der Waals surface area contributed by atoms with Gasteiger partial charge in [-0.1, -0.05) is 47.1 Å². The third-order valence-corrected chi connectivity index (χ3v) is 2.15. The number of allylic oxidation sites excluding steroid dienone is 8. The molecule has 0 atom stereocenters. The fourth-order valence-corrected chi connectivity index (χ4v) is 1.10. The Labute approximate surface area is 95.1 Å². The minimum absolute atomic E-state index is 1.14. The van der Waals surface area contributed by atoms with Crippen molar-refractivity contribution in [3.8, 4) is 0 Å². The third-order valence-electron chi connectivity index (χ3n) is 2.15. The van der Waals surface area contributed by atoms with Crippen molar-refractivity contribution in [3.05, 3.63) is 54.0 Å². The quantitative estimate of drug-likeness (QED) is 0.435. The monoisotopic (exact) mass is 203 g/mol. The topological polar surface area (TPSA) is 0 Å². The lowest BCUT2D eigenvalue weighted by molar-refractivity contribution is 0.967. The van der Waals surface area contributed by atoms with Crippen LogP contribution in [0.15, 0.2) is 47.1 Å². The molecule has 0 aliphatic carbocycles. The first-order chi connectivity index (χ1) is 7.06. The third kappa shape index (κ3) is 9.27. The summed E-state index contributed by atoms with van der Waals surface area (Å²) >= 11 is 0. The second-order valence-electron chi connectivity index (χ2n) is 4.14. The van der Waals surface area contributed by atoms with E-state index in [0.717, 1.165) is 12.8 Å². The van der Waals surface area contributed by atoms with E-state index in [9.17, 15) is 0 Å². The Bertz CT molecular complexity index is 281. The van der Waals surface area contributed by atoms with Crippen LogP contribution in [-0.2, 0) is 0 Å². The average Bonchev–Trinajstić information content (AvgIpc) is 2.17. The normalized spacial score (nSPS) is 13.4. The molecule has 0 nitrogen and oxygen atoms in total. The minimum atomic E-state index is 1.14. The summed E-state index contributed by atoms with van der Waals surface area (Å²) in [6.45, 7) is 12.2. The second kappa shape index (κ2) is 8.28. The highest BCUT2D eigenvalue weighted by molar-refractivity contribution is 5.22. The Morgan fingerprint density at radius 3 is 2.33 bits per heavy atom. The summed E-state index contributed by atoms with van der Waals surface area (Å²) in [6.07, 6.45) is 12.8. The van der Waals surface area contributed by atoms with Gasteiger partial charge in [0.15, 0.2) is 0 Å². The molecule has 15 heavy (non-hydrogen) atoms. The molecule has 0 aliphatic heterocycles. The first-order valence-electron chi connectivity index (χ1n) is 5.49. The summed E-state index contributed by atoms with van der Waals surface area (Å²) in [5.41, 5.74) is 4.01. The fraction of sp³-hybridized carbons (Fsp3) is 0.400. The summed E-state index contributed by atoms with van der Waals surface area (Å²) in [4.78, 5) is 0. The SMILES string of the molecule is [CH2]/C=C(C)/C=C/C=C(\C)CCC=C(C)C. The molecule has 0 aromatic heterocycles. The summed E-state index contributed by atoms with van der Waals surface area (Å²) in [5.74, 6) is 0. The smallest absolute Gasteiger partial charge is 0.0285 e. The van der Waals surface area contributed by atoms with Crippen LogP contribution in [0.3, 0.4) is 0 Å². The Balaban J connectivity index is 4.00. The van der Waals surface area contributed by atoms with Crippen molar-refractivity contribution in [2.45, 2.75) is 40.5 Å². The second-order valence-corrected chi connectivity index (χ2v) is 4.14. The van der Waals surface area contributed by atoms with Crippen LogP contribution in [0.25, 0.3) is 0 Å². The van der Waals surface area contributed by atoms with Crippen LogP contribution in [-0.4, -0.2) is 0 Å². The molecule has 0 saturated carbocycles. The predicted molar refractivity (Wildman–Crippen MR) is 70.7 cm³/mol. The fourth-order valence-electron chi connectivity index (χ4n) is 1.10. The lowest BCUT2D eigenvalue weighted by Crippen LogP contribution is -1.76. The van der Waals surface area contributed by atoms with Crippen molar-refractivity contribution in [1.29, 1.82) is 0 Å². The van der Waals surface area contributed by atoms with Crippen molar-refractivity contribution < 1.29 is 0 Å². The molecule has 0 spiro atoms. The van der Waals surface area contributed by atoms with Crippen LogP contribution in [0.2, 0.25) is 0 Å². The van der Waals surface area contributed by atoms with Gasteiger partial charge in [0.2, 0.25) is 0 Å². The minimum Gasteiger partial charge on any atom is -0.0856 e. The first-order valence-corrected chi connectivity index (χ1v) is 5.49. The molecule has 83 valence electrons. The van der Waals surface area contributed by atoms with E-state index in [1.165, 1.54) is 16.7 Å². The maximum atomic E-state index is 3.71. The Hall–Kier alpha value is -1.04. The zero-order valence-electron chi connectivity index (χ0n) is 10.5. The molecule has 0 N–H and O–H groups in total. The van der Waals surface area contributed by atoms with Crippen LogP contribution in [0, 0.1) is 6.92 Å². The van der Waals surface area contributed by atoms with Gasteiger partial charge in [-0.25, -0.2) is 0 Å². The molecular formula is C15H23. The zero-order chi connectivity index (χ0) is 11.7. The van der Waals surface area contributed by atoms with E-state index in [4.69, 9.17) is 0 Å². The van der Waals surface area contributed by atoms with Gasteiger partial charge >= 0.3 is 0 Å². The Morgan fingerprint density at radius 1 is 1.13 bits per heavy atom. The van der Waals surface area contributed by atoms with Crippen LogP contribution in [0.4, 0.5) is 0 Å². The zero-order valence-corrected chi connectivity index (χ0v) is 10.5. The first kappa shape index (κ1) is 14.0. The Morgan fingerprint density at radius 2 is 1.80 bits per heavy atom. The molecule has 1 radical (unpaired) electrons. The maximum Gasteiger partial charge on any atom is -0.0285 e. The lowest BCUT2D eigenvalue weighted by Gasteiger charge is -1.96. The molecule has 0 bridgehead atoms. The van der Waals surface area contributed by atoms with E-state index >= 15 is 0 Å². The highest BCUT2D eigenvalue weighted by Gasteiger charge is 1.86. The van der Waals surface area contributed by atoms with Gasteiger partial charge < -0.3 is 0 Å². The number of rotatable bonds is 5. The molecule has 0 saturated heterocycles. The van der Waals surface area contributed by atoms with Gasteiger partial charge in [0.1, 0.15) is 0 Å². The van der Waals surface area contributed by atoms with Crippen molar-refractivity contribution in [2.24, 2.45) is 0 Å². The van der Waals surface area contributed by atoms with Crippen molar-refractivity contribution in [1.82, 2.24) is 0 Å². The van der Waals surface area contributed by atoms with Crippen molar-refractivity contribution >= 4 is 0 Å². The standard InChI is InChI=1S/C15H23/c1-6-14(4)10-8-12-15(5)11-7-9-13(2)3/h6,8-10,12H,1,7,11H2,2-5H3/b10-8+,14-6+,15-12+. The van der Waals surface area contributed by atoms with E-state index in [1.807, 2.05) is 6.08 Å². The highest BCUT2D eigenvalue weighted by atomic mass is 13.9. The molecule has 0 rings (SSSR count). The van der Waals surface area contributed by atoms with Gasteiger partial charge in [-0.15, -0.1) is 0 Å². The molecule has 0 heteroatoms. The van der Waals surface area contributed by atoms with E-state index in [1.54, 1.807) is 0 Å². The van der Waals surface area contributed by atoms with Crippen molar-refractivity contribution in [2.75, 3.05) is 0 Å². The lowest BCUT2D eigenvalue weighted by atomic mass is 10.1. The molecule has 0 unspecified atom stereocenters. The summed E-state index contributed by atoms with van der Waals surface area (Å²) < 4.78 is 0. The van der Waals surface area contributed by atoms with Crippen molar-refractivity contribution in [3.63, 3.8) is 0 Å². The van der Waals surface area contributed by atoms with E-state index in [0.29, 0.717) is 0 Å².